The molecule has 2 heterocycles. The molecule has 0 saturated carbocycles. The zero-order valence-corrected chi connectivity index (χ0v) is 17.0. The maximum atomic E-state index is 6.17. The van der Waals surface area contributed by atoms with E-state index in [1.54, 1.807) is 32.4 Å². The highest BCUT2D eigenvalue weighted by atomic mass is 35.5. The smallest absolute Gasteiger partial charge is 0.277 e. The first-order valence-electron chi connectivity index (χ1n) is 8.44. The van der Waals surface area contributed by atoms with Crippen LogP contribution in [0.15, 0.2) is 56.6 Å². The van der Waals surface area contributed by atoms with E-state index in [0.717, 1.165) is 5.56 Å². The van der Waals surface area contributed by atoms with Crippen LogP contribution in [0.2, 0.25) is 5.02 Å². The molecular formula is C19H15ClN4O4S. The van der Waals surface area contributed by atoms with E-state index in [-0.39, 0.29) is 0 Å². The normalized spacial score (nSPS) is 10.9. The van der Waals surface area contributed by atoms with E-state index in [1.165, 1.54) is 11.8 Å². The summed E-state index contributed by atoms with van der Waals surface area (Å²) < 4.78 is 21.5. The van der Waals surface area contributed by atoms with Crippen molar-refractivity contribution in [2.45, 2.75) is 11.0 Å². The van der Waals surface area contributed by atoms with Crippen molar-refractivity contribution >= 4 is 23.4 Å². The second-order valence-electron chi connectivity index (χ2n) is 5.72. The average Bonchev–Trinajstić information content (AvgIpc) is 3.42. The van der Waals surface area contributed by atoms with E-state index in [1.807, 2.05) is 24.3 Å². The zero-order valence-electron chi connectivity index (χ0n) is 15.5. The van der Waals surface area contributed by atoms with Crippen LogP contribution < -0.4 is 9.47 Å². The van der Waals surface area contributed by atoms with Crippen molar-refractivity contribution in [3.63, 3.8) is 0 Å². The molecule has 0 N–H and O–H groups in total. The van der Waals surface area contributed by atoms with Crippen LogP contribution >= 0.6 is 23.4 Å². The molecule has 0 aliphatic heterocycles. The lowest BCUT2D eigenvalue weighted by Gasteiger charge is -2.07. The first kappa shape index (κ1) is 19.3. The fourth-order valence-electron chi connectivity index (χ4n) is 2.54. The number of hydrogen-bond acceptors (Lipinski definition) is 9. The minimum absolute atomic E-state index is 0.371. The Hall–Kier alpha value is -3.04. The third-order valence-corrected chi connectivity index (χ3v) is 5.07. The molecule has 0 saturated heterocycles. The lowest BCUT2D eigenvalue weighted by atomic mass is 10.2. The van der Waals surface area contributed by atoms with Gasteiger partial charge in [-0.3, -0.25) is 0 Å². The van der Waals surface area contributed by atoms with E-state index >= 15 is 0 Å². The molecule has 0 spiro atoms. The molecule has 0 amide bonds. The molecule has 2 aromatic heterocycles. The van der Waals surface area contributed by atoms with Crippen molar-refractivity contribution in [2.75, 3.05) is 14.2 Å². The summed E-state index contributed by atoms with van der Waals surface area (Å²) >= 11 is 7.46. The van der Waals surface area contributed by atoms with Crippen molar-refractivity contribution in [2.24, 2.45) is 0 Å². The summed E-state index contributed by atoms with van der Waals surface area (Å²) in [5.74, 6) is 2.81. The summed E-state index contributed by atoms with van der Waals surface area (Å²) in [4.78, 5) is 4.36. The summed E-state index contributed by atoms with van der Waals surface area (Å²) in [5, 5.41) is 13.0. The third kappa shape index (κ3) is 4.20. The van der Waals surface area contributed by atoms with Crippen LogP contribution in [0.4, 0.5) is 0 Å². The largest absolute Gasteiger partial charge is 0.493 e. The molecule has 0 fully saturated rings. The van der Waals surface area contributed by atoms with Gasteiger partial charge in [0, 0.05) is 11.1 Å². The minimum atomic E-state index is 0.371. The van der Waals surface area contributed by atoms with E-state index in [0.29, 0.717) is 50.7 Å². The van der Waals surface area contributed by atoms with Gasteiger partial charge < -0.3 is 18.4 Å². The summed E-state index contributed by atoms with van der Waals surface area (Å²) in [6, 6.07) is 12.7. The highest BCUT2D eigenvalue weighted by molar-refractivity contribution is 7.98. The van der Waals surface area contributed by atoms with Gasteiger partial charge in [0.05, 0.1) is 25.0 Å². The Bertz CT molecular complexity index is 1130. The number of benzene rings is 2. The molecule has 0 bridgehead atoms. The quantitative estimate of drug-likeness (QED) is 0.384. The van der Waals surface area contributed by atoms with Crippen LogP contribution in [0.5, 0.6) is 11.5 Å². The Morgan fingerprint density at radius 2 is 1.86 bits per heavy atom. The standard InChI is InChI=1S/C19H15ClN4O4S/c1-25-14-8-7-11(9-15(14)26-2)18-22-23-19(27-18)29-10-16-21-17(24-28-16)12-5-3-4-6-13(12)20/h3-9H,10H2,1-2H3. The predicted molar refractivity (Wildman–Crippen MR) is 107 cm³/mol. The second-order valence-corrected chi connectivity index (χ2v) is 7.06. The van der Waals surface area contributed by atoms with E-state index in [4.69, 9.17) is 30.0 Å². The zero-order chi connectivity index (χ0) is 20.2. The Balaban J connectivity index is 1.45. The van der Waals surface area contributed by atoms with Gasteiger partial charge in [-0.25, -0.2) is 0 Å². The molecule has 0 unspecified atom stereocenters. The fourth-order valence-corrected chi connectivity index (χ4v) is 3.36. The Kier molecular flexibility index (Phi) is 5.68. The number of ether oxygens (including phenoxy) is 2. The maximum absolute atomic E-state index is 6.17. The molecule has 29 heavy (non-hydrogen) atoms. The third-order valence-electron chi connectivity index (χ3n) is 3.94. The van der Waals surface area contributed by atoms with Gasteiger partial charge in [-0.15, -0.1) is 10.2 Å². The van der Waals surface area contributed by atoms with Crippen LogP contribution in [0.3, 0.4) is 0 Å². The molecular weight excluding hydrogens is 416 g/mol. The van der Waals surface area contributed by atoms with Crippen molar-refractivity contribution in [1.82, 2.24) is 20.3 Å². The lowest BCUT2D eigenvalue weighted by molar-refractivity contribution is 0.355. The van der Waals surface area contributed by atoms with Crippen LogP contribution in [-0.2, 0) is 5.75 Å². The van der Waals surface area contributed by atoms with Crippen molar-refractivity contribution in [3.05, 3.63) is 53.4 Å². The number of methoxy groups -OCH3 is 2. The minimum Gasteiger partial charge on any atom is -0.493 e. The molecule has 2 aromatic carbocycles. The summed E-state index contributed by atoms with van der Waals surface area (Å²) in [7, 11) is 3.14. The number of aromatic nitrogens is 4. The summed E-state index contributed by atoms with van der Waals surface area (Å²) in [6.45, 7) is 0. The van der Waals surface area contributed by atoms with Crippen molar-refractivity contribution in [1.29, 1.82) is 0 Å². The monoisotopic (exact) mass is 430 g/mol. The van der Waals surface area contributed by atoms with Gasteiger partial charge in [-0.1, -0.05) is 40.7 Å². The summed E-state index contributed by atoms with van der Waals surface area (Å²) in [5.41, 5.74) is 1.43. The van der Waals surface area contributed by atoms with Crippen LogP contribution in [0.25, 0.3) is 22.8 Å². The molecule has 0 radical (unpaired) electrons. The van der Waals surface area contributed by atoms with E-state index in [2.05, 4.69) is 20.3 Å². The molecule has 4 rings (SSSR count). The predicted octanol–water partition coefficient (Wildman–Crippen LogP) is 4.75. The first-order valence-corrected chi connectivity index (χ1v) is 9.80. The number of rotatable bonds is 7. The van der Waals surface area contributed by atoms with Crippen LogP contribution in [-0.4, -0.2) is 34.6 Å². The first-order chi connectivity index (χ1) is 14.2. The second kappa shape index (κ2) is 8.54. The number of hydrogen-bond donors (Lipinski definition) is 0. The van der Waals surface area contributed by atoms with Gasteiger partial charge in [-0.2, -0.15) is 4.98 Å². The highest BCUT2D eigenvalue weighted by Crippen LogP contribution is 2.33. The number of thioether (sulfide) groups is 1. The highest BCUT2D eigenvalue weighted by Gasteiger charge is 2.15. The van der Waals surface area contributed by atoms with Crippen LogP contribution in [0.1, 0.15) is 5.89 Å². The SMILES string of the molecule is COc1ccc(-c2nnc(SCc3nc(-c4ccccc4Cl)no3)o2)cc1OC. The van der Waals surface area contributed by atoms with Gasteiger partial charge >= 0.3 is 0 Å². The molecule has 4 aromatic rings. The number of halogens is 1. The fraction of sp³-hybridized carbons (Fsp3) is 0.158. The molecule has 148 valence electrons. The van der Waals surface area contributed by atoms with Crippen molar-refractivity contribution < 1.29 is 18.4 Å². The van der Waals surface area contributed by atoms with Crippen molar-refractivity contribution in [3.8, 4) is 34.3 Å². The molecule has 0 atom stereocenters. The average molecular weight is 431 g/mol. The topological polar surface area (TPSA) is 96.3 Å². The Morgan fingerprint density at radius 1 is 1.03 bits per heavy atom. The molecule has 10 heteroatoms. The Morgan fingerprint density at radius 3 is 2.66 bits per heavy atom. The lowest BCUT2D eigenvalue weighted by Crippen LogP contribution is -1.90. The summed E-state index contributed by atoms with van der Waals surface area (Å²) in [6.07, 6.45) is 0. The molecule has 8 nitrogen and oxygen atoms in total. The van der Waals surface area contributed by atoms with Gasteiger partial charge in [0.15, 0.2) is 11.5 Å². The van der Waals surface area contributed by atoms with Gasteiger partial charge in [0.1, 0.15) is 0 Å². The number of nitrogens with zero attached hydrogens (tertiary/aromatic N) is 4. The molecule has 0 aliphatic carbocycles. The van der Waals surface area contributed by atoms with Gasteiger partial charge in [-0.05, 0) is 30.3 Å². The van der Waals surface area contributed by atoms with Gasteiger partial charge in [0.25, 0.3) is 5.22 Å². The maximum Gasteiger partial charge on any atom is 0.277 e. The van der Waals surface area contributed by atoms with Crippen LogP contribution in [0, 0.1) is 0 Å². The van der Waals surface area contributed by atoms with E-state index in [9.17, 15) is 0 Å². The van der Waals surface area contributed by atoms with E-state index < -0.39 is 0 Å². The Labute approximate surface area is 175 Å². The molecule has 0 aliphatic rings. The van der Waals surface area contributed by atoms with Gasteiger partial charge in [0.2, 0.25) is 17.6 Å².